The molecule has 0 aromatic carbocycles. The molecule has 0 saturated heterocycles. The van der Waals surface area contributed by atoms with Crippen molar-refractivity contribution in [3.8, 4) is 0 Å². The van der Waals surface area contributed by atoms with Gasteiger partial charge in [-0.05, 0) is 12.1 Å². The monoisotopic (exact) mass is 313 g/mol. The van der Waals surface area contributed by atoms with Gasteiger partial charge in [-0.3, -0.25) is 18.7 Å². The van der Waals surface area contributed by atoms with E-state index >= 15 is 0 Å². The molecule has 0 fully saturated rings. The van der Waals surface area contributed by atoms with Crippen molar-refractivity contribution in [1.29, 1.82) is 0 Å². The third-order valence-corrected chi connectivity index (χ3v) is 3.89. The molecule has 0 spiro atoms. The third-order valence-electron chi connectivity index (χ3n) is 2.66. The normalized spacial score (nSPS) is 10.5. The van der Waals surface area contributed by atoms with E-state index in [4.69, 9.17) is 11.6 Å². The fourth-order valence-electron chi connectivity index (χ4n) is 1.58. The number of nitrogens with zero attached hydrogens (tertiary/aromatic N) is 2. The van der Waals surface area contributed by atoms with Gasteiger partial charge in [0.15, 0.2) is 0 Å². The maximum Gasteiger partial charge on any atom is 0.331 e. The molecule has 20 heavy (non-hydrogen) atoms. The van der Waals surface area contributed by atoms with Crippen LogP contribution in [0.25, 0.3) is 0 Å². The zero-order valence-corrected chi connectivity index (χ0v) is 12.2. The second-order valence-electron chi connectivity index (χ2n) is 4.11. The molecule has 0 bridgehead atoms. The number of halogens is 1. The Kier molecular flexibility index (Phi) is 4.41. The summed E-state index contributed by atoms with van der Waals surface area (Å²) in [7, 11) is 1.37. The number of aromatic nitrogens is 2. The van der Waals surface area contributed by atoms with Crippen molar-refractivity contribution < 1.29 is 4.79 Å². The highest BCUT2D eigenvalue weighted by Gasteiger charge is 2.07. The van der Waals surface area contributed by atoms with Gasteiger partial charge in [-0.2, -0.15) is 0 Å². The van der Waals surface area contributed by atoms with Crippen molar-refractivity contribution in [3.05, 3.63) is 54.4 Å². The molecular formula is C12H12ClN3O3S. The van der Waals surface area contributed by atoms with Gasteiger partial charge in [-0.15, -0.1) is 11.3 Å². The summed E-state index contributed by atoms with van der Waals surface area (Å²) >= 11 is 7.17. The fraction of sp³-hybridized carbons (Fsp3) is 0.250. The smallest absolute Gasteiger partial charge is 0.331 e. The summed E-state index contributed by atoms with van der Waals surface area (Å²) in [6.07, 6.45) is 1.31. The predicted octanol–water partition coefficient (Wildman–Crippen LogP) is 0.578. The number of nitrogens with one attached hydrogen (secondary N) is 1. The molecule has 0 aliphatic rings. The van der Waals surface area contributed by atoms with Crippen LogP contribution in [-0.4, -0.2) is 15.0 Å². The van der Waals surface area contributed by atoms with E-state index in [1.807, 2.05) is 6.07 Å². The van der Waals surface area contributed by atoms with E-state index in [-0.39, 0.29) is 12.5 Å². The van der Waals surface area contributed by atoms with Crippen LogP contribution in [0.2, 0.25) is 4.34 Å². The van der Waals surface area contributed by atoms with E-state index in [0.29, 0.717) is 10.9 Å². The van der Waals surface area contributed by atoms with Crippen LogP contribution in [0.15, 0.2) is 34.0 Å². The lowest BCUT2D eigenvalue weighted by Gasteiger charge is -2.07. The van der Waals surface area contributed by atoms with Crippen molar-refractivity contribution in [2.24, 2.45) is 7.05 Å². The number of thiophene rings is 1. The molecule has 0 atom stereocenters. The Balaban J connectivity index is 2.00. The first-order valence-electron chi connectivity index (χ1n) is 5.75. The van der Waals surface area contributed by atoms with Gasteiger partial charge >= 0.3 is 5.69 Å². The van der Waals surface area contributed by atoms with Crippen LogP contribution in [0.5, 0.6) is 0 Å². The second kappa shape index (κ2) is 6.06. The summed E-state index contributed by atoms with van der Waals surface area (Å²) in [5.41, 5.74) is -0.924. The Hall–Kier alpha value is -1.86. The highest BCUT2D eigenvalue weighted by molar-refractivity contribution is 7.16. The van der Waals surface area contributed by atoms with Crippen molar-refractivity contribution in [2.45, 2.75) is 13.1 Å². The van der Waals surface area contributed by atoms with Gasteiger partial charge in [0.1, 0.15) is 6.54 Å². The summed E-state index contributed by atoms with van der Waals surface area (Å²) in [4.78, 5) is 35.6. The van der Waals surface area contributed by atoms with Crippen molar-refractivity contribution >= 4 is 28.8 Å². The Morgan fingerprint density at radius 1 is 1.35 bits per heavy atom. The van der Waals surface area contributed by atoms with E-state index in [0.717, 1.165) is 9.44 Å². The minimum absolute atomic E-state index is 0.133. The zero-order chi connectivity index (χ0) is 14.7. The molecule has 1 amide bonds. The summed E-state index contributed by atoms with van der Waals surface area (Å²) in [6, 6.07) is 4.82. The lowest BCUT2D eigenvalue weighted by molar-refractivity contribution is -0.121. The van der Waals surface area contributed by atoms with Gasteiger partial charge in [0.25, 0.3) is 5.56 Å². The molecule has 2 aromatic heterocycles. The van der Waals surface area contributed by atoms with Crippen LogP contribution in [0.1, 0.15) is 4.88 Å². The molecule has 2 rings (SSSR count). The van der Waals surface area contributed by atoms with Crippen LogP contribution < -0.4 is 16.6 Å². The SMILES string of the molecule is Cn1c(=O)ccn(CC(=O)NCc2ccc(Cl)s2)c1=O. The summed E-state index contributed by atoms with van der Waals surface area (Å²) in [5.74, 6) is -0.310. The average Bonchev–Trinajstić information content (AvgIpc) is 2.83. The Bertz CT molecular complexity index is 747. The number of rotatable bonds is 4. The van der Waals surface area contributed by atoms with Crippen LogP contribution in [0, 0.1) is 0 Å². The van der Waals surface area contributed by atoms with Gasteiger partial charge in [0, 0.05) is 24.2 Å². The van der Waals surface area contributed by atoms with Crippen LogP contribution in [0.4, 0.5) is 0 Å². The molecule has 0 aliphatic heterocycles. The number of amides is 1. The topological polar surface area (TPSA) is 73.1 Å². The number of carbonyl (C=O) groups excluding carboxylic acids is 1. The number of hydrogen-bond acceptors (Lipinski definition) is 4. The molecule has 0 aliphatic carbocycles. The first-order chi connectivity index (χ1) is 9.47. The van der Waals surface area contributed by atoms with Gasteiger partial charge in [-0.25, -0.2) is 4.79 Å². The van der Waals surface area contributed by atoms with Gasteiger partial charge in [0.05, 0.1) is 10.9 Å². The summed E-state index contributed by atoms with van der Waals surface area (Å²) in [5, 5.41) is 2.69. The maximum atomic E-state index is 11.8. The largest absolute Gasteiger partial charge is 0.350 e. The molecule has 106 valence electrons. The van der Waals surface area contributed by atoms with Crippen molar-refractivity contribution in [2.75, 3.05) is 0 Å². The molecule has 1 N–H and O–H groups in total. The van der Waals surface area contributed by atoms with Crippen LogP contribution >= 0.6 is 22.9 Å². The maximum absolute atomic E-state index is 11.8. The second-order valence-corrected chi connectivity index (χ2v) is 5.91. The van der Waals surface area contributed by atoms with E-state index in [1.165, 1.54) is 35.2 Å². The highest BCUT2D eigenvalue weighted by Crippen LogP contribution is 2.20. The van der Waals surface area contributed by atoms with E-state index < -0.39 is 11.2 Å². The molecular weight excluding hydrogens is 302 g/mol. The first kappa shape index (κ1) is 14.5. The molecule has 2 aromatic rings. The van der Waals surface area contributed by atoms with E-state index in [1.54, 1.807) is 6.07 Å². The fourth-order valence-corrected chi connectivity index (χ4v) is 2.61. The van der Waals surface area contributed by atoms with Crippen LogP contribution in [0.3, 0.4) is 0 Å². The summed E-state index contributed by atoms with van der Waals surface area (Å²) < 4.78 is 2.79. The molecule has 6 nitrogen and oxygen atoms in total. The van der Waals surface area contributed by atoms with E-state index in [9.17, 15) is 14.4 Å². The minimum atomic E-state index is -0.521. The Morgan fingerprint density at radius 2 is 2.10 bits per heavy atom. The molecule has 0 unspecified atom stereocenters. The van der Waals surface area contributed by atoms with Crippen molar-refractivity contribution in [3.63, 3.8) is 0 Å². The lowest BCUT2D eigenvalue weighted by atomic mass is 10.4. The van der Waals surface area contributed by atoms with Gasteiger partial charge < -0.3 is 5.32 Å². The number of hydrogen-bond donors (Lipinski definition) is 1. The zero-order valence-electron chi connectivity index (χ0n) is 10.6. The van der Waals surface area contributed by atoms with Crippen molar-refractivity contribution in [1.82, 2.24) is 14.5 Å². The van der Waals surface area contributed by atoms with E-state index in [2.05, 4.69) is 5.32 Å². The molecule has 2 heterocycles. The Morgan fingerprint density at radius 3 is 2.75 bits per heavy atom. The standard InChI is InChI=1S/C12H12ClN3O3S/c1-15-11(18)4-5-16(12(15)19)7-10(17)14-6-8-2-3-9(13)20-8/h2-5H,6-7H2,1H3,(H,14,17). The van der Waals surface area contributed by atoms with Crippen LogP contribution in [-0.2, 0) is 24.9 Å². The molecule has 0 saturated carbocycles. The lowest BCUT2D eigenvalue weighted by Crippen LogP contribution is -2.40. The summed E-state index contributed by atoms with van der Waals surface area (Å²) in [6.45, 7) is 0.225. The molecule has 8 heteroatoms. The number of carbonyl (C=O) groups is 1. The van der Waals surface area contributed by atoms with Gasteiger partial charge in [0.2, 0.25) is 5.91 Å². The quantitative estimate of drug-likeness (QED) is 0.897. The highest BCUT2D eigenvalue weighted by atomic mass is 35.5. The first-order valence-corrected chi connectivity index (χ1v) is 6.94. The Labute approximate surface area is 123 Å². The molecule has 0 radical (unpaired) electrons. The van der Waals surface area contributed by atoms with Gasteiger partial charge in [-0.1, -0.05) is 11.6 Å². The minimum Gasteiger partial charge on any atom is -0.350 e. The third kappa shape index (κ3) is 3.37. The predicted molar refractivity (Wildman–Crippen MR) is 77.1 cm³/mol. The average molecular weight is 314 g/mol.